The van der Waals surface area contributed by atoms with Crippen LogP contribution in [0.2, 0.25) is 0 Å². The molecule has 4 amide bonds. The number of ether oxygens (including phenoxy) is 2. The minimum absolute atomic E-state index is 0.164. The Kier molecular flexibility index (Phi) is 6.73. The molecule has 0 aliphatic carbocycles. The minimum Gasteiger partial charge on any atom is -0.497 e. The lowest BCUT2D eigenvalue weighted by Crippen LogP contribution is -2.54. The molecule has 1 fully saturated rings. The molecule has 1 aromatic heterocycles. The van der Waals surface area contributed by atoms with Crippen LogP contribution in [0.1, 0.15) is 34.2 Å². The summed E-state index contributed by atoms with van der Waals surface area (Å²) in [4.78, 5) is 51.2. The molecule has 3 aromatic rings. The van der Waals surface area contributed by atoms with E-state index in [0.717, 1.165) is 22.0 Å². The largest absolute Gasteiger partial charge is 0.497 e. The Hall–Kier alpha value is -4.66. The fourth-order valence-corrected chi connectivity index (χ4v) is 4.07. The molecule has 9 nitrogen and oxygen atoms in total. The summed E-state index contributed by atoms with van der Waals surface area (Å²) in [6.07, 6.45) is 1.48. The standard InChI is InChI=1S/C27H25N3O6/c1-5-36-26(33)18-6-8-20(9-7-18)29-16(2)14-19(17(29)3)15-23-24(31)28-27(34)30(25(23)32)21-10-12-22(35-4)13-11-21/h6-15H,5H2,1-4H3,(H,28,31,34). The van der Waals surface area contributed by atoms with Crippen LogP contribution in [-0.4, -0.2) is 42.1 Å². The average molecular weight is 488 g/mol. The van der Waals surface area contributed by atoms with Crippen LogP contribution in [0.5, 0.6) is 5.75 Å². The fourth-order valence-electron chi connectivity index (χ4n) is 4.07. The highest BCUT2D eigenvalue weighted by atomic mass is 16.5. The summed E-state index contributed by atoms with van der Waals surface area (Å²) in [6, 6.07) is 14.4. The third kappa shape index (κ3) is 4.50. The molecule has 36 heavy (non-hydrogen) atoms. The van der Waals surface area contributed by atoms with Crippen LogP contribution < -0.4 is 15.0 Å². The molecule has 0 unspecified atom stereocenters. The topological polar surface area (TPSA) is 107 Å². The zero-order chi connectivity index (χ0) is 26.0. The maximum absolute atomic E-state index is 13.2. The number of rotatable bonds is 6. The van der Waals surface area contributed by atoms with E-state index in [2.05, 4.69) is 5.32 Å². The van der Waals surface area contributed by atoms with Crippen molar-refractivity contribution in [3.63, 3.8) is 0 Å². The van der Waals surface area contributed by atoms with Crippen LogP contribution in [0.25, 0.3) is 11.8 Å². The number of imide groups is 2. The Morgan fingerprint density at radius 2 is 1.61 bits per heavy atom. The van der Waals surface area contributed by atoms with Gasteiger partial charge in [-0.1, -0.05) is 0 Å². The van der Waals surface area contributed by atoms with Crippen LogP contribution in [0.15, 0.2) is 60.2 Å². The zero-order valence-electron chi connectivity index (χ0n) is 20.3. The SMILES string of the molecule is CCOC(=O)c1ccc(-n2c(C)cc(C=C3C(=O)NC(=O)N(c4ccc(OC)cc4)C3=O)c2C)cc1. The molecule has 184 valence electrons. The van der Waals surface area contributed by atoms with Gasteiger partial charge in [0.15, 0.2) is 0 Å². The van der Waals surface area contributed by atoms with E-state index in [4.69, 9.17) is 9.47 Å². The van der Waals surface area contributed by atoms with Crippen molar-refractivity contribution in [1.29, 1.82) is 0 Å². The molecule has 1 saturated heterocycles. The number of carbonyl (C=O) groups is 4. The second-order valence-corrected chi connectivity index (χ2v) is 8.09. The van der Waals surface area contributed by atoms with Gasteiger partial charge in [-0.05, 0) is 87.0 Å². The van der Waals surface area contributed by atoms with Gasteiger partial charge in [-0.15, -0.1) is 0 Å². The number of amides is 4. The smallest absolute Gasteiger partial charge is 0.338 e. The first-order valence-electron chi connectivity index (χ1n) is 11.3. The van der Waals surface area contributed by atoms with Gasteiger partial charge in [-0.3, -0.25) is 14.9 Å². The lowest BCUT2D eigenvalue weighted by molar-refractivity contribution is -0.122. The third-order valence-corrected chi connectivity index (χ3v) is 5.84. The number of nitrogens with one attached hydrogen (secondary N) is 1. The predicted molar refractivity (Wildman–Crippen MR) is 133 cm³/mol. The summed E-state index contributed by atoms with van der Waals surface area (Å²) in [6.45, 7) is 5.79. The van der Waals surface area contributed by atoms with E-state index in [1.54, 1.807) is 55.5 Å². The molecule has 0 atom stereocenters. The number of benzene rings is 2. The van der Waals surface area contributed by atoms with Crippen molar-refractivity contribution in [2.45, 2.75) is 20.8 Å². The lowest BCUT2D eigenvalue weighted by Gasteiger charge is -2.26. The minimum atomic E-state index is -0.820. The van der Waals surface area contributed by atoms with Crippen molar-refractivity contribution in [2.24, 2.45) is 0 Å². The van der Waals surface area contributed by atoms with E-state index < -0.39 is 23.8 Å². The molecule has 2 heterocycles. The molecule has 9 heteroatoms. The summed E-state index contributed by atoms with van der Waals surface area (Å²) in [7, 11) is 1.51. The van der Waals surface area contributed by atoms with Crippen molar-refractivity contribution >= 4 is 35.6 Å². The van der Waals surface area contributed by atoms with Gasteiger partial charge in [0, 0.05) is 17.1 Å². The van der Waals surface area contributed by atoms with Crippen LogP contribution in [0, 0.1) is 13.8 Å². The number of urea groups is 1. The normalized spacial score (nSPS) is 14.7. The van der Waals surface area contributed by atoms with Crippen LogP contribution in [0.4, 0.5) is 10.5 Å². The number of aromatic nitrogens is 1. The van der Waals surface area contributed by atoms with Crippen molar-refractivity contribution in [3.05, 3.63) is 82.7 Å². The summed E-state index contributed by atoms with van der Waals surface area (Å²) in [5, 5.41) is 2.23. The average Bonchev–Trinajstić information content (AvgIpc) is 3.14. The van der Waals surface area contributed by atoms with Gasteiger partial charge in [-0.2, -0.15) is 0 Å². The first-order valence-corrected chi connectivity index (χ1v) is 11.3. The van der Waals surface area contributed by atoms with E-state index in [-0.39, 0.29) is 5.57 Å². The Bertz CT molecular complexity index is 1380. The first kappa shape index (κ1) is 24.5. The summed E-state index contributed by atoms with van der Waals surface area (Å²) in [5.74, 6) is -1.32. The molecule has 1 N–H and O–H groups in total. The number of esters is 1. The van der Waals surface area contributed by atoms with Gasteiger partial charge in [0.1, 0.15) is 11.3 Å². The van der Waals surface area contributed by atoms with Gasteiger partial charge < -0.3 is 14.0 Å². The molecule has 0 spiro atoms. The molecule has 1 aliphatic heterocycles. The second-order valence-electron chi connectivity index (χ2n) is 8.09. The zero-order valence-corrected chi connectivity index (χ0v) is 20.3. The lowest BCUT2D eigenvalue weighted by atomic mass is 10.1. The highest BCUT2D eigenvalue weighted by Gasteiger charge is 2.37. The van der Waals surface area contributed by atoms with Gasteiger partial charge in [-0.25, -0.2) is 14.5 Å². The van der Waals surface area contributed by atoms with Gasteiger partial charge in [0.05, 0.1) is 25.0 Å². The third-order valence-electron chi connectivity index (χ3n) is 5.84. The van der Waals surface area contributed by atoms with Gasteiger partial charge in [0.25, 0.3) is 11.8 Å². The van der Waals surface area contributed by atoms with Crippen LogP contribution in [0.3, 0.4) is 0 Å². The van der Waals surface area contributed by atoms with Gasteiger partial charge >= 0.3 is 12.0 Å². The number of anilines is 1. The van der Waals surface area contributed by atoms with E-state index in [9.17, 15) is 19.2 Å². The summed E-state index contributed by atoms with van der Waals surface area (Å²) in [5.41, 5.74) is 3.67. The summed E-state index contributed by atoms with van der Waals surface area (Å²) >= 11 is 0. The van der Waals surface area contributed by atoms with Crippen molar-refractivity contribution in [2.75, 3.05) is 18.6 Å². The van der Waals surface area contributed by atoms with E-state index in [1.807, 2.05) is 24.5 Å². The van der Waals surface area contributed by atoms with Crippen molar-refractivity contribution in [3.8, 4) is 11.4 Å². The Balaban J connectivity index is 1.68. The molecule has 0 saturated carbocycles. The van der Waals surface area contributed by atoms with Crippen LogP contribution >= 0.6 is 0 Å². The number of hydrogen-bond donors (Lipinski definition) is 1. The number of aryl methyl sites for hydroxylation is 1. The molecule has 0 bridgehead atoms. The van der Waals surface area contributed by atoms with E-state index >= 15 is 0 Å². The highest BCUT2D eigenvalue weighted by Crippen LogP contribution is 2.27. The summed E-state index contributed by atoms with van der Waals surface area (Å²) < 4.78 is 12.1. The predicted octanol–water partition coefficient (Wildman–Crippen LogP) is 3.95. The number of hydrogen-bond acceptors (Lipinski definition) is 6. The van der Waals surface area contributed by atoms with Crippen molar-refractivity contribution < 1.29 is 28.7 Å². The first-order chi connectivity index (χ1) is 17.2. The Labute approximate surface area is 207 Å². The van der Waals surface area contributed by atoms with Gasteiger partial charge in [0.2, 0.25) is 0 Å². The fraction of sp³-hybridized carbons (Fsp3) is 0.185. The molecular weight excluding hydrogens is 462 g/mol. The highest BCUT2D eigenvalue weighted by molar-refractivity contribution is 6.39. The van der Waals surface area contributed by atoms with E-state index in [1.165, 1.54) is 13.2 Å². The quantitative estimate of drug-likeness (QED) is 0.321. The number of carbonyl (C=O) groups excluding carboxylic acids is 4. The maximum atomic E-state index is 13.2. The number of nitrogens with zero attached hydrogens (tertiary/aromatic N) is 2. The number of methoxy groups -OCH3 is 1. The van der Waals surface area contributed by atoms with Crippen molar-refractivity contribution in [1.82, 2.24) is 9.88 Å². The second kappa shape index (κ2) is 9.91. The number of barbiturate groups is 1. The monoisotopic (exact) mass is 487 g/mol. The molecule has 1 aliphatic rings. The Morgan fingerprint density at radius 1 is 0.972 bits per heavy atom. The maximum Gasteiger partial charge on any atom is 0.338 e. The van der Waals surface area contributed by atoms with E-state index in [0.29, 0.717) is 29.2 Å². The molecule has 4 rings (SSSR count). The van der Waals surface area contributed by atoms with Crippen LogP contribution in [-0.2, 0) is 14.3 Å². The molecule has 0 radical (unpaired) electrons. The Morgan fingerprint density at radius 3 is 2.22 bits per heavy atom. The molecular formula is C27H25N3O6. The molecule has 2 aromatic carbocycles.